The van der Waals surface area contributed by atoms with Crippen LogP contribution in [0.2, 0.25) is 0 Å². The first-order chi connectivity index (χ1) is 7.04. The average molecular weight is 211 g/mol. The van der Waals surface area contributed by atoms with Crippen molar-refractivity contribution in [2.45, 2.75) is 27.3 Å². The normalized spacial score (nSPS) is 13.4. The molecule has 1 heterocycles. The number of nitrogen functional groups attached to an aromatic ring is 1. The van der Waals surface area contributed by atoms with Crippen LogP contribution >= 0.6 is 0 Å². The summed E-state index contributed by atoms with van der Waals surface area (Å²) in [6.45, 7) is 8.05. The Hall–Kier alpha value is -1.03. The number of aromatic nitrogens is 2. The van der Waals surface area contributed by atoms with E-state index in [4.69, 9.17) is 10.5 Å². The van der Waals surface area contributed by atoms with E-state index in [-0.39, 0.29) is 0 Å². The maximum absolute atomic E-state index is 5.64. The van der Waals surface area contributed by atoms with E-state index in [9.17, 15) is 0 Å². The van der Waals surface area contributed by atoms with Gasteiger partial charge in [-0.15, -0.1) is 0 Å². The molecule has 0 saturated heterocycles. The fourth-order valence-corrected chi connectivity index (χ4v) is 1.61. The molecule has 0 radical (unpaired) electrons. The molecule has 86 valence electrons. The van der Waals surface area contributed by atoms with Gasteiger partial charge in [0.05, 0.1) is 6.61 Å². The van der Waals surface area contributed by atoms with Gasteiger partial charge in [0.15, 0.2) is 0 Å². The number of hydrogen-bond acceptors (Lipinski definition) is 3. The summed E-state index contributed by atoms with van der Waals surface area (Å²) in [6.07, 6.45) is 0. The second kappa shape index (κ2) is 5.16. The quantitative estimate of drug-likeness (QED) is 0.806. The zero-order chi connectivity index (χ0) is 11.4. The van der Waals surface area contributed by atoms with Crippen LogP contribution in [0.4, 0.5) is 5.82 Å². The Morgan fingerprint density at radius 2 is 2.20 bits per heavy atom. The van der Waals surface area contributed by atoms with Gasteiger partial charge in [-0.25, -0.2) is 0 Å². The fourth-order valence-electron chi connectivity index (χ4n) is 1.61. The number of nitrogens with zero attached hydrogens (tertiary/aromatic N) is 2. The predicted molar refractivity (Wildman–Crippen MR) is 61.6 cm³/mol. The number of rotatable bonds is 5. The Bertz CT molecular complexity index is 307. The van der Waals surface area contributed by atoms with E-state index < -0.39 is 0 Å². The van der Waals surface area contributed by atoms with Crippen LogP contribution in [0.3, 0.4) is 0 Å². The molecule has 1 atom stereocenters. The molecule has 0 fully saturated rings. The van der Waals surface area contributed by atoms with Crippen molar-refractivity contribution in [2.75, 3.05) is 19.5 Å². The van der Waals surface area contributed by atoms with Crippen molar-refractivity contribution in [2.24, 2.45) is 11.8 Å². The highest BCUT2D eigenvalue weighted by atomic mass is 16.5. The van der Waals surface area contributed by atoms with Gasteiger partial charge in [0.1, 0.15) is 5.82 Å². The SMILES string of the molecule is COCC(Cn1nc(N)cc1C)C(C)C. The van der Waals surface area contributed by atoms with Gasteiger partial charge in [0.25, 0.3) is 0 Å². The number of aryl methyl sites for hydroxylation is 1. The van der Waals surface area contributed by atoms with Crippen molar-refractivity contribution in [3.8, 4) is 0 Å². The summed E-state index contributed by atoms with van der Waals surface area (Å²) in [4.78, 5) is 0. The van der Waals surface area contributed by atoms with Crippen LogP contribution in [0.15, 0.2) is 6.07 Å². The zero-order valence-electron chi connectivity index (χ0n) is 10.0. The largest absolute Gasteiger partial charge is 0.384 e. The maximum Gasteiger partial charge on any atom is 0.145 e. The molecular formula is C11H21N3O. The van der Waals surface area contributed by atoms with E-state index in [1.54, 1.807) is 7.11 Å². The van der Waals surface area contributed by atoms with Crippen molar-refractivity contribution in [3.63, 3.8) is 0 Å². The topological polar surface area (TPSA) is 53.1 Å². The van der Waals surface area contributed by atoms with Crippen LogP contribution in [0.5, 0.6) is 0 Å². The molecule has 1 aromatic heterocycles. The summed E-state index contributed by atoms with van der Waals surface area (Å²) in [5.74, 6) is 1.65. The van der Waals surface area contributed by atoms with E-state index in [0.717, 1.165) is 18.8 Å². The summed E-state index contributed by atoms with van der Waals surface area (Å²) in [6, 6.07) is 1.89. The third kappa shape index (κ3) is 3.23. The van der Waals surface area contributed by atoms with E-state index in [2.05, 4.69) is 18.9 Å². The second-order valence-electron chi connectivity index (χ2n) is 4.35. The van der Waals surface area contributed by atoms with Gasteiger partial charge < -0.3 is 10.5 Å². The lowest BCUT2D eigenvalue weighted by molar-refractivity contribution is 0.116. The molecule has 1 unspecified atom stereocenters. The van der Waals surface area contributed by atoms with Gasteiger partial charge in [-0.2, -0.15) is 5.10 Å². The average Bonchev–Trinajstić information content (AvgIpc) is 2.44. The molecule has 0 aliphatic carbocycles. The third-order valence-electron chi connectivity index (χ3n) is 2.73. The molecular weight excluding hydrogens is 190 g/mol. The summed E-state index contributed by atoms with van der Waals surface area (Å²) in [7, 11) is 1.74. The van der Waals surface area contributed by atoms with Gasteiger partial charge in [-0.1, -0.05) is 13.8 Å². The molecule has 0 spiro atoms. The predicted octanol–water partition coefficient (Wildman–Crippen LogP) is 1.69. The highest BCUT2D eigenvalue weighted by Crippen LogP contribution is 2.15. The molecule has 4 heteroatoms. The molecule has 0 bridgehead atoms. The third-order valence-corrected chi connectivity index (χ3v) is 2.73. The van der Waals surface area contributed by atoms with Crippen molar-refractivity contribution in [1.29, 1.82) is 0 Å². The lowest BCUT2D eigenvalue weighted by Gasteiger charge is -2.20. The number of nitrogens with two attached hydrogens (primary N) is 1. The fraction of sp³-hybridized carbons (Fsp3) is 0.727. The minimum absolute atomic E-state index is 0.480. The smallest absolute Gasteiger partial charge is 0.145 e. The van der Waals surface area contributed by atoms with Gasteiger partial charge in [0, 0.05) is 31.3 Å². The van der Waals surface area contributed by atoms with Crippen LogP contribution in [-0.2, 0) is 11.3 Å². The molecule has 0 saturated carbocycles. The molecule has 0 aromatic carbocycles. The number of ether oxygens (including phenoxy) is 1. The molecule has 4 nitrogen and oxygen atoms in total. The number of anilines is 1. The molecule has 1 aromatic rings. The number of methoxy groups -OCH3 is 1. The van der Waals surface area contributed by atoms with Crippen molar-refractivity contribution in [1.82, 2.24) is 9.78 Å². The van der Waals surface area contributed by atoms with Gasteiger partial charge in [-0.05, 0) is 12.8 Å². The summed E-state index contributed by atoms with van der Waals surface area (Å²) >= 11 is 0. The molecule has 1 rings (SSSR count). The Labute approximate surface area is 91.4 Å². The molecule has 0 amide bonds. The van der Waals surface area contributed by atoms with Crippen LogP contribution in [0.25, 0.3) is 0 Å². The van der Waals surface area contributed by atoms with Gasteiger partial charge in [-0.3, -0.25) is 4.68 Å². The molecule has 2 N–H and O–H groups in total. The lowest BCUT2D eigenvalue weighted by Crippen LogP contribution is -2.22. The first-order valence-electron chi connectivity index (χ1n) is 5.33. The Balaban J connectivity index is 2.69. The Morgan fingerprint density at radius 3 is 2.60 bits per heavy atom. The van der Waals surface area contributed by atoms with Crippen LogP contribution < -0.4 is 5.73 Å². The Morgan fingerprint density at radius 1 is 1.53 bits per heavy atom. The molecule has 0 aliphatic heterocycles. The van der Waals surface area contributed by atoms with Crippen LogP contribution in [-0.4, -0.2) is 23.5 Å². The Kier molecular flexibility index (Phi) is 4.15. The standard InChI is InChI=1S/C11H21N3O/c1-8(2)10(7-15-4)6-14-9(3)5-11(12)13-14/h5,8,10H,6-7H2,1-4H3,(H2,12,13). The first kappa shape index (κ1) is 12.0. The van der Waals surface area contributed by atoms with E-state index in [1.807, 2.05) is 17.7 Å². The van der Waals surface area contributed by atoms with Gasteiger partial charge in [0.2, 0.25) is 0 Å². The summed E-state index contributed by atoms with van der Waals surface area (Å²) < 4.78 is 7.17. The van der Waals surface area contributed by atoms with Crippen LogP contribution in [0, 0.1) is 18.8 Å². The van der Waals surface area contributed by atoms with Gasteiger partial charge >= 0.3 is 0 Å². The lowest BCUT2D eigenvalue weighted by atomic mass is 9.97. The molecule has 0 aliphatic rings. The maximum atomic E-state index is 5.64. The highest BCUT2D eigenvalue weighted by Gasteiger charge is 2.15. The van der Waals surface area contributed by atoms with E-state index >= 15 is 0 Å². The monoisotopic (exact) mass is 211 g/mol. The zero-order valence-corrected chi connectivity index (χ0v) is 10.0. The highest BCUT2D eigenvalue weighted by molar-refractivity contribution is 5.28. The van der Waals surface area contributed by atoms with E-state index in [1.165, 1.54) is 0 Å². The van der Waals surface area contributed by atoms with Crippen molar-refractivity contribution < 1.29 is 4.74 Å². The number of hydrogen-bond donors (Lipinski definition) is 1. The summed E-state index contributed by atoms with van der Waals surface area (Å²) in [5.41, 5.74) is 6.75. The van der Waals surface area contributed by atoms with Crippen molar-refractivity contribution >= 4 is 5.82 Å². The van der Waals surface area contributed by atoms with Crippen LogP contribution in [0.1, 0.15) is 19.5 Å². The molecule has 15 heavy (non-hydrogen) atoms. The summed E-state index contributed by atoms with van der Waals surface area (Å²) in [5, 5.41) is 4.25. The second-order valence-corrected chi connectivity index (χ2v) is 4.35. The first-order valence-corrected chi connectivity index (χ1v) is 5.33. The van der Waals surface area contributed by atoms with E-state index in [0.29, 0.717) is 17.7 Å². The minimum Gasteiger partial charge on any atom is -0.384 e. The van der Waals surface area contributed by atoms with Crippen molar-refractivity contribution in [3.05, 3.63) is 11.8 Å². The minimum atomic E-state index is 0.480.